The molecule has 23 heavy (non-hydrogen) atoms. The van der Waals surface area contributed by atoms with E-state index in [0.717, 1.165) is 7.14 Å². The summed E-state index contributed by atoms with van der Waals surface area (Å²) in [6, 6.07) is 5.73. The number of rotatable bonds is 5. The molecule has 1 aliphatic rings. The molecule has 0 saturated carbocycles. The van der Waals surface area contributed by atoms with E-state index in [-0.39, 0.29) is 24.7 Å². The number of nitriles is 1. The molecule has 1 aromatic carbocycles. The first kappa shape index (κ1) is 19.0. The van der Waals surface area contributed by atoms with Crippen molar-refractivity contribution in [1.82, 2.24) is 0 Å². The Kier molecular flexibility index (Phi) is 6.35. The number of hydrogen-bond donors (Lipinski definition) is 1. The Balaban J connectivity index is 2.74. The van der Waals surface area contributed by atoms with Crippen LogP contribution < -0.4 is 10.5 Å². The molecule has 0 radical (unpaired) electrons. The van der Waals surface area contributed by atoms with Crippen LogP contribution in [0.2, 0.25) is 0 Å². The number of allylic oxidation sites excluding steroid dienone is 1. The van der Waals surface area contributed by atoms with Crippen LogP contribution in [0.1, 0.15) is 25.1 Å². The summed E-state index contributed by atoms with van der Waals surface area (Å²) in [6.07, 6.45) is 0. The smallest absolute Gasteiger partial charge is 0.343 e. The van der Waals surface area contributed by atoms with Gasteiger partial charge < -0.3 is 19.5 Å². The number of nitrogens with two attached hydrogens (primary N) is 1. The first-order valence-corrected chi connectivity index (χ1v) is 10.6. The van der Waals surface area contributed by atoms with Crippen molar-refractivity contribution in [3.63, 3.8) is 0 Å². The molecule has 1 aromatic rings. The number of nitrogens with zero attached hydrogens (tertiary/aromatic N) is 1. The molecule has 1 aliphatic heterocycles. The maximum absolute atomic E-state index is 13.3. The maximum Gasteiger partial charge on any atom is 0.343 e. The Hall–Kier alpha value is -0.340. The molecular weight excluding hydrogens is 545 g/mol. The SMILES string of the molecule is CCOP(=O)(OCC)C1C(C#N)=C(N)Oc2c(I)cc(I)cc21. The van der Waals surface area contributed by atoms with E-state index in [1.165, 1.54) is 0 Å². The van der Waals surface area contributed by atoms with Crippen LogP contribution in [0.4, 0.5) is 0 Å². The highest BCUT2D eigenvalue weighted by Crippen LogP contribution is 2.66. The largest absolute Gasteiger partial charge is 0.439 e. The van der Waals surface area contributed by atoms with E-state index >= 15 is 0 Å². The molecule has 0 saturated heterocycles. The van der Waals surface area contributed by atoms with Crippen molar-refractivity contribution >= 4 is 52.8 Å². The molecule has 0 aliphatic carbocycles. The lowest BCUT2D eigenvalue weighted by atomic mass is 10.0. The molecule has 1 atom stereocenters. The van der Waals surface area contributed by atoms with E-state index in [4.69, 9.17) is 19.5 Å². The fourth-order valence-electron chi connectivity index (χ4n) is 2.34. The van der Waals surface area contributed by atoms with Crippen LogP contribution in [0, 0.1) is 18.5 Å². The summed E-state index contributed by atoms with van der Waals surface area (Å²) in [5.41, 5.74) is 5.66. The van der Waals surface area contributed by atoms with Crippen molar-refractivity contribution in [1.29, 1.82) is 5.26 Å². The molecule has 2 rings (SSSR count). The number of hydrogen-bond acceptors (Lipinski definition) is 6. The number of fused-ring (bicyclic) bond motifs is 1. The first-order valence-electron chi connectivity index (χ1n) is 6.83. The van der Waals surface area contributed by atoms with Gasteiger partial charge in [0.2, 0.25) is 5.88 Å². The molecule has 0 bridgehead atoms. The quantitative estimate of drug-likeness (QED) is 0.427. The van der Waals surface area contributed by atoms with Crippen LogP contribution >= 0.6 is 52.8 Å². The second-order valence-corrected chi connectivity index (χ2v) is 9.10. The highest BCUT2D eigenvalue weighted by atomic mass is 127. The van der Waals surface area contributed by atoms with Gasteiger partial charge in [0, 0.05) is 9.13 Å². The molecule has 0 spiro atoms. The van der Waals surface area contributed by atoms with Gasteiger partial charge in [-0.25, -0.2) is 0 Å². The molecular formula is C14H15I2N2O4P. The van der Waals surface area contributed by atoms with Gasteiger partial charge in [-0.1, -0.05) is 0 Å². The second-order valence-electron chi connectivity index (χ2n) is 4.58. The van der Waals surface area contributed by atoms with Crippen LogP contribution in [0.25, 0.3) is 0 Å². The lowest BCUT2D eigenvalue weighted by molar-refractivity contribution is 0.213. The Bertz CT molecular complexity index is 735. The lowest BCUT2D eigenvalue weighted by Crippen LogP contribution is -2.22. The fraction of sp³-hybridized carbons (Fsp3) is 0.357. The van der Waals surface area contributed by atoms with Gasteiger partial charge in [-0.15, -0.1) is 0 Å². The second kappa shape index (κ2) is 7.70. The third kappa shape index (κ3) is 3.69. The van der Waals surface area contributed by atoms with Crippen molar-refractivity contribution in [3.8, 4) is 11.8 Å². The normalized spacial score (nSPS) is 17.4. The summed E-state index contributed by atoms with van der Waals surface area (Å²) in [5, 5.41) is 9.49. The topological polar surface area (TPSA) is 94.6 Å². The minimum Gasteiger partial charge on any atom is -0.439 e. The lowest BCUT2D eigenvalue weighted by Gasteiger charge is -2.31. The van der Waals surface area contributed by atoms with E-state index in [1.807, 2.05) is 18.2 Å². The average Bonchev–Trinajstić information content (AvgIpc) is 2.47. The van der Waals surface area contributed by atoms with Crippen LogP contribution in [-0.4, -0.2) is 13.2 Å². The number of ether oxygens (including phenoxy) is 1. The van der Waals surface area contributed by atoms with E-state index in [2.05, 4.69) is 45.2 Å². The first-order chi connectivity index (χ1) is 10.9. The van der Waals surface area contributed by atoms with Crippen LogP contribution in [0.3, 0.4) is 0 Å². The number of benzene rings is 1. The Morgan fingerprint density at radius 1 is 1.35 bits per heavy atom. The number of halogens is 2. The third-order valence-corrected chi connectivity index (χ3v) is 6.97. The highest BCUT2D eigenvalue weighted by molar-refractivity contribution is 14.1. The zero-order valence-corrected chi connectivity index (χ0v) is 17.7. The van der Waals surface area contributed by atoms with Gasteiger partial charge in [-0.05, 0) is 71.2 Å². The van der Waals surface area contributed by atoms with Gasteiger partial charge in [0.05, 0.1) is 16.8 Å². The Morgan fingerprint density at radius 2 is 1.96 bits per heavy atom. The fourth-order valence-corrected chi connectivity index (χ4v) is 6.46. The van der Waals surface area contributed by atoms with Gasteiger partial charge in [0.25, 0.3) is 0 Å². The summed E-state index contributed by atoms with van der Waals surface area (Å²) in [6.45, 7) is 3.85. The van der Waals surface area contributed by atoms with Crippen LogP contribution in [-0.2, 0) is 13.6 Å². The van der Waals surface area contributed by atoms with Gasteiger partial charge in [-0.2, -0.15) is 5.26 Å². The Morgan fingerprint density at radius 3 is 2.48 bits per heavy atom. The highest BCUT2D eigenvalue weighted by Gasteiger charge is 2.45. The average molecular weight is 560 g/mol. The molecule has 1 unspecified atom stereocenters. The minimum atomic E-state index is -3.62. The third-order valence-electron chi connectivity index (χ3n) is 3.14. The van der Waals surface area contributed by atoms with Crippen LogP contribution in [0.15, 0.2) is 23.6 Å². The van der Waals surface area contributed by atoms with Crippen molar-refractivity contribution in [2.24, 2.45) is 5.73 Å². The van der Waals surface area contributed by atoms with E-state index < -0.39 is 13.3 Å². The summed E-state index contributed by atoms with van der Waals surface area (Å²) in [5.74, 6) is 0.427. The summed E-state index contributed by atoms with van der Waals surface area (Å²) in [4.78, 5) is 0. The van der Waals surface area contributed by atoms with Crippen molar-refractivity contribution in [2.45, 2.75) is 19.5 Å². The predicted octanol–water partition coefficient (Wildman–Crippen LogP) is 4.29. The van der Waals surface area contributed by atoms with Gasteiger partial charge in [0.15, 0.2) is 0 Å². The van der Waals surface area contributed by atoms with Crippen molar-refractivity contribution in [3.05, 3.63) is 36.3 Å². The van der Waals surface area contributed by atoms with Gasteiger partial charge in [0.1, 0.15) is 23.1 Å². The molecule has 124 valence electrons. The monoisotopic (exact) mass is 560 g/mol. The molecule has 6 nitrogen and oxygen atoms in total. The zero-order valence-electron chi connectivity index (χ0n) is 12.5. The molecule has 2 N–H and O–H groups in total. The molecule has 0 amide bonds. The predicted molar refractivity (Wildman–Crippen MR) is 103 cm³/mol. The van der Waals surface area contributed by atoms with E-state index in [1.54, 1.807) is 13.8 Å². The van der Waals surface area contributed by atoms with E-state index in [9.17, 15) is 9.83 Å². The molecule has 0 aromatic heterocycles. The van der Waals surface area contributed by atoms with Crippen molar-refractivity contribution < 1.29 is 18.3 Å². The molecule has 0 fully saturated rings. The minimum absolute atomic E-state index is 0.0660. The maximum atomic E-state index is 13.3. The molecule has 1 heterocycles. The summed E-state index contributed by atoms with van der Waals surface area (Å²) < 4.78 is 31.6. The zero-order chi connectivity index (χ0) is 17.2. The van der Waals surface area contributed by atoms with Gasteiger partial charge >= 0.3 is 7.60 Å². The van der Waals surface area contributed by atoms with Crippen LogP contribution in [0.5, 0.6) is 5.75 Å². The van der Waals surface area contributed by atoms with Crippen molar-refractivity contribution in [2.75, 3.05) is 13.2 Å². The van der Waals surface area contributed by atoms with E-state index in [0.29, 0.717) is 11.3 Å². The Labute approximate surface area is 162 Å². The standard InChI is InChI=1S/C14H15I2N2O4P/c1-3-20-23(19,21-4-2)13-9-5-8(15)6-11(16)12(9)22-14(18)10(13)7-17/h5-6,13H,3-4,18H2,1-2H3. The molecule has 9 heteroatoms. The van der Waals surface area contributed by atoms with Gasteiger partial charge in [-0.3, -0.25) is 4.57 Å². The summed E-state index contributed by atoms with van der Waals surface area (Å²) in [7, 11) is -3.62. The summed E-state index contributed by atoms with van der Waals surface area (Å²) >= 11 is 4.27.